The molecule has 0 aromatic carbocycles. The van der Waals surface area contributed by atoms with Gasteiger partial charge < -0.3 is 9.64 Å². The number of carbonyl (C=O) groups excluding carboxylic acids is 1. The van der Waals surface area contributed by atoms with Crippen LogP contribution in [0.2, 0.25) is 0 Å². The number of hydrogen-bond acceptors (Lipinski definition) is 2. The summed E-state index contributed by atoms with van der Waals surface area (Å²) >= 11 is 0. The number of rotatable bonds is 1. The molecule has 2 aliphatic carbocycles. The van der Waals surface area contributed by atoms with Crippen LogP contribution in [0.5, 0.6) is 0 Å². The second-order valence-corrected chi connectivity index (χ2v) is 8.01. The molecule has 2 saturated heterocycles. The normalized spacial score (nSPS) is 50.5. The molecule has 0 radical (unpaired) electrons. The molecular weight excluding hydrogens is 250 g/mol. The van der Waals surface area contributed by atoms with Crippen molar-refractivity contribution in [2.24, 2.45) is 16.7 Å². The van der Waals surface area contributed by atoms with Gasteiger partial charge in [0.15, 0.2) is 5.60 Å². The fraction of sp³-hybridized carbons (Fsp3) is 0.941. The number of likely N-dealkylation sites (tertiary alicyclic amines) is 1. The highest BCUT2D eigenvalue weighted by Gasteiger charge is 2.78. The molecule has 3 nitrogen and oxygen atoms in total. The van der Waals surface area contributed by atoms with Gasteiger partial charge in [-0.1, -0.05) is 26.7 Å². The van der Waals surface area contributed by atoms with E-state index in [-0.39, 0.29) is 10.8 Å². The number of carbonyl (C=O) groups is 1. The second kappa shape index (κ2) is 4.00. The lowest BCUT2D eigenvalue weighted by atomic mass is 9.66. The SMILES string of the molecule is C[C@]12CC[C@@H]3C[C@@]1(C(=O)N1CCCCCC1)OC[C@@]32C. The fourth-order valence-electron chi connectivity index (χ4n) is 5.76. The van der Waals surface area contributed by atoms with Crippen molar-refractivity contribution in [1.29, 1.82) is 0 Å². The van der Waals surface area contributed by atoms with Crippen LogP contribution >= 0.6 is 0 Å². The lowest BCUT2D eigenvalue weighted by Gasteiger charge is -2.42. The first-order valence-corrected chi connectivity index (χ1v) is 8.47. The van der Waals surface area contributed by atoms with Gasteiger partial charge in [-0.2, -0.15) is 0 Å². The minimum atomic E-state index is -0.477. The van der Waals surface area contributed by atoms with Gasteiger partial charge in [0.25, 0.3) is 5.91 Å². The average Bonchev–Trinajstić information content (AvgIpc) is 2.79. The Labute approximate surface area is 122 Å². The lowest BCUT2D eigenvalue weighted by molar-refractivity contribution is -0.167. The van der Waals surface area contributed by atoms with Crippen LogP contribution in [0.15, 0.2) is 0 Å². The molecular formula is C17H27NO2. The third-order valence-corrected chi connectivity index (χ3v) is 7.44. The summed E-state index contributed by atoms with van der Waals surface area (Å²) in [6, 6.07) is 0. The standard InChI is InChI=1S/C17H27NO2/c1-15-12-20-17(11-13(15)7-8-16(15,17)2)14(19)18-9-5-3-4-6-10-18/h13H,3-12H2,1-2H3/t13-,15+,16-,17+/m1/s1. The largest absolute Gasteiger partial charge is 0.364 e. The van der Waals surface area contributed by atoms with Gasteiger partial charge in [0, 0.05) is 23.9 Å². The Morgan fingerprint density at radius 3 is 2.45 bits per heavy atom. The van der Waals surface area contributed by atoms with Crippen LogP contribution < -0.4 is 0 Å². The zero-order valence-electron chi connectivity index (χ0n) is 12.9. The molecule has 0 aromatic rings. The summed E-state index contributed by atoms with van der Waals surface area (Å²) in [5.74, 6) is 1.03. The van der Waals surface area contributed by atoms with E-state index >= 15 is 0 Å². The molecule has 4 aliphatic rings. The van der Waals surface area contributed by atoms with Crippen LogP contribution in [0.3, 0.4) is 0 Å². The molecule has 20 heavy (non-hydrogen) atoms. The Hall–Kier alpha value is -0.570. The van der Waals surface area contributed by atoms with E-state index in [2.05, 4.69) is 18.7 Å². The predicted octanol–water partition coefficient (Wildman–Crippen LogP) is 2.98. The van der Waals surface area contributed by atoms with Crippen molar-refractivity contribution in [3.05, 3.63) is 0 Å². The summed E-state index contributed by atoms with van der Waals surface area (Å²) in [6.45, 7) is 7.40. The van der Waals surface area contributed by atoms with Gasteiger partial charge in [0.2, 0.25) is 0 Å². The summed E-state index contributed by atoms with van der Waals surface area (Å²) in [5, 5.41) is 0. The summed E-state index contributed by atoms with van der Waals surface area (Å²) in [6.07, 6.45) is 8.33. The van der Waals surface area contributed by atoms with E-state index in [9.17, 15) is 4.79 Å². The van der Waals surface area contributed by atoms with Gasteiger partial charge in [-0.3, -0.25) is 4.79 Å². The first-order chi connectivity index (χ1) is 9.54. The molecule has 0 spiro atoms. The van der Waals surface area contributed by atoms with E-state index in [1.807, 2.05) is 0 Å². The van der Waals surface area contributed by atoms with E-state index in [1.165, 1.54) is 38.5 Å². The highest BCUT2D eigenvalue weighted by atomic mass is 16.5. The second-order valence-electron chi connectivity index (χ2n) is 8.01. The number of amides is 1. The molecule has 2 saturated carbocycles. The maximum atomic E-state index is 13.3. The van der Waals surface area contributed by atoms with Crippen LogP contribution in [0, 0.1) is 16.7 Å². The Morgan fingerprint density at radius 2 is 1.85 bits per heavy atom. The van der Waals surface area contributed by atoms with Gasteiger partial charge in [0.1, 0.15) is 0 Å². The first-order valence-electron chi connectivity index (χ1n) is 8.47. The van der Waals surface area contributed by atoms with Crippen molar-refractivity contribution in [2.75, 3.05) is 19.7 Å². The predicted molar refractivity (Wildman–Crippen MR) is 77.3 cm³/mol. The molecule has 112 valence electrons. The lowest BCUT2D eigenvalue weighted by Crippen LogP contribution is -2.56. The first kappa shape index (κ1) is 13.1. The van der Waals surface area contributed by atoms with Gasteiger partial charge in [-0.15, -0.1) is 0 Å². The molecule has 4 rings (SSSR count). The highest BCUT2D eigenvalue weighted by Crippen LogP contribution is 2.75. The molecule has 4 fully saturated rings. The summed E-state index contributed by atoms with van der Waals surface area (Å²) in [5.41, 5.74) is -0.155. The number of hydrogen-bond donors (Lipinski definition) is 0. The topological polar surface area (TPSA) is 29.5 Å². The van der Waals surface area contributed by atoms with E-state index in [4.69, 9.17) is 4.74 Å². The minimum absolute atomic E-state index is 0.0774. The molecule has 0 N–H and O–H groups in total. The zero-order valence-corrected chi connectivity index (χ0v) is 12.9. The van der Waals surface area contributed by atoms with Crippen molar-refractivity contribution in [3.8, 4) is 0 Å². The number of nitrogens with zero attached hydrogens (tertiary/aromatic N) is 1. The van der Waals surface area contributed by atoms with Crippen molar-refractivity contribution in [1.82, 2.24) is 4.90 Å². The van der Waals surface area contributed by atoms with Crippen molar-refractivity contribution >= 4 is 5.91 Å². The van der Waals surface area contributed by atoms with Gasteiger partial charge >= 0.3 is 0 Å². The van der Waals surface area contributed by atoms with Crippen LogP contribution in [-0.2, 0) is 9.53 Å². The summed E-state index contributed by atoms with van der Waals surface area (Å²) in [7, 11) is 0. The molecule has 4 atom stereocenters. The maximum Gasteiger partial charge on any atom is 0.255 e. The molecule has 3 heteroatoms. The molecule has 2 heterocycles. The maximum absolute atomic E-state index is 13.3. The van der Waals surface area contributed by atoms with Crippen molar-refractivity contribution in [2.45, 2.75) is 64.4 Å². The number of ether oxygens (including phenoxy) is 1. The molecule has 2 aliphatic heterocycles. The van der Waals surface area contributed by atoms with Crippen molar-refractivity contribution < 1.29 is 9.53 Å². The van der Waals surface area contributed by atoms with Crippen LogP contribution in [-0.4, -0.2) is 36.1 Å². The zero-order chi connectivity index (χ0) is 14.0. The Bertz CT molecular complexity index is 442. The average molecular weight is 277 g/mol. The Kier molecular flexibility index (Phi) is 2.62. The quantitative estimate of drug-likeness (QED) is 0.737. The third-order valence-electron chi connectivity index (χ3n) is 7.44. The summed E-state index contributed by atoms with van der Waals surface area (Å²) in [4.78, 5) is 15.4. The van der Waals surface area contributed by atoms with Gasteiger partial charge in [0.05, 0.1) is 6.61 Å². The van der Waals surface area contributed by atoms with Crippen LogP contribution in [0.4, 0.5) is 0 Å². The Morgan fingerprint density at radius 1 is 1.15 bits per heavy atom. The molecule has 0 aromatic heterocycles. The van der Waals surface area contributed by atoms with E-state index in [1.54, 1.807) is 0 Å². The smallest absolute Gasteiger partial charge is 0.255 e. The molecule has 0 unspecified atom stereocenters. The van der Waals surface area contributed by atoms with E-state index in [0.29, 0.717) is 11.8 Å². The van der Waals surface area contributed by atoms with Gasteiger partial charge in [-0.05, 0) is 38.0 Å². The Balaban J connectivity index is 1.66. The minimum Gasteiger partial charge on any atom is -0.364 e. The third kappa shape index (κ3) is 1.29. The van der Waals surface area contributed by atoms with Crippen LogP contribution in [0.25, 0.3) is 0 Å². The van der Waals surface area contributed by atoms with Gasteiger partial charge in [-0.25, -0.2) is 0 Å². The summed E-state index contributed by atoms with van der Waals surface area (Å²) < 4.78 is 6.24. The van der Waals surface area contributed by atoms with E-state index < -0.39 is 5.60 Å². The fourth-order valence-corrected chi connectivity index (χ4v) is 5.76. The van der Waals surface area contributed by atoms with Crippen LogP contribution in [0.1, 0.15) is 58.8 Å². The monoisotopic (exact) mass is 277 g/mol. The van der Waals surface area contributed by atoms with Crippen molar-refractivity contribution in [3.63, 3.8) is 0 Å². The molecule has 1 amide bonds. The highest BCUT2D eigenvalue weighted by molar-refractivity contribution is 5.88. The molecule has 4 bridgehead atoms. The van der Waals surface area contributed by atoms with E-state index in [0.717, 1.165) is 26.1 Å².